The van der Waals surface area contributed by atoms with Gasteiger partial charge in [-0.3, -0.25) is 4.99 Å². The van der Waals surface area contributed by atoms with Gasteiger partial charge in [0.25, 0.3) is 0 Å². The van der Waals surface area contributed by atoms with Crippen LogP contribution in [0.3, 0.4) is 0 Å². The zero-order valence-electron chi connectivity index (χ0n) is 7.51. The van der Waals surface area contributed by atoms with Crippen molar-refractivity contribution in [3.63, 3.8) is 0 Å². The normalized spacial score (nSPS) is 20.5. The van der Waals surface area contributed by atoms with Crippen molar-refractivity contribution in [1.82, 2.24) is 0 Å². The van der Waals surface area contributed by atoms with Gasteiger partial charge in [0.2, 0.25) is 0 Å². The third kappa shape index (κ3) is 2.52. The van der Waals surface area contributed by atoms with Crippen LogP contribution in [0.5, 0.6) is 0 Å². The molecule has 1 fully saturated rings. The Morgan fingerprint density at radius 3 is 2.55 bits per heavy atom. The molecule has 1 saturated carbocycles. The second kappa shape index (κ2) is 3.74. The van der Waals surface area contributed by atoms with Crippen molar-refractivity contribution in [2.75, 3.05) is 6.54 Å². The molecule has 0 unspecified atom stereocenters. The summed E-state index contributed by atoms with van der Waals surface area (Å²) >= 11 is 0. The predicted octanol–water partition coefficient (Wildman–Crippen LogP) is 1.80. The first-order valence-electron chi connectivity index (χ1n) is 4.50. The highest BCUT2D eigenvalue weighted by atomic mass is 14.9. The van der Waals surface area contributed by atoms with Crippen LogP contribution in [0.2, 0.25) is 0 Å². The molecule has 0 heterocycles. The summed E-state index contributed by atoms with van der Waals surface area (Å²) in [7, 11) is 0. The van der Waals surface area contributed by atoms with Gasteiger partial charge in [-0.15, -0.1) is 0 Å². The molecular formula is C9H18N2. The molecule has 2 nitrogen and oxygen atoms in total. The van der Waals surface area contributed by atoms with Crippen LogP contribution >= 0.6 is 0 Å². The van der Waals surface area contributed by atoms with E-state index in [1.165, 1.54) is 19.3 Å². The Hall–Kier alpha value is -0.530. The standard InChI is InChI=1S/C9H18N2/c1-7(2)6-11-9(10)8-4-3-5-8/h7-8H,3-6H2,1-2H3,(H2,10,11). The van der Waals surface area contributed by atoms with E-state index in [1.54, 1.807) is 0 Å². The van der Waals surface area contributed by atoms with Gasteiger partial charge in [-0.25, -0.2) is 0 Å². The Balaban J connectivity index is 2.26. The van der Waals surface area contributed by atoms with Gasteiger partial charge in [0, 0.05) is 12.5 Å². The summed E-state index contributed by atoms with van der Waals surface area (Å²) in [6.07, 6.45) is 3.85. The first-order valence-corrected chi connectivity index (χ1v) is 4.50. The van der Waals surface area contributed by atoms with Gasteiger partial charge in [0.1, 0.15) is 0 Å². The minimum Gasteiger partial charge on any atom is -0.387 e. The quantitative estimate of drug-likeness (QED) is 0.488. The van der Waals surface area contributed by atoms with Crippen LogP contribution in [0.1, 0.15) is 33.1 Å². The molecule has 0 aromatic heterocycles. The molecular weight excluding hydrogens is 136 g/mol. The molecule has 0 aromatic rings. The van der Waals surface area contributed by atoms with Crippen molar-refractivity contribution >= 4 is 5.84 Å². The van der Waals surface area contributed by atoms with E-state index in [0.717, 1.165) is 12.4 Å². The molecule has 0 atom stereocenters. The SMILES string of the molecule is CC(C)CN=C(N)C1CCC1. The molecule has 11 heavy (non-hydrogen) atoms. The molecule has 1 aliphatic rings. The lowest BCUT2D eigenvalue weighted by atomic mass is 9.84. The van der Waals surface area contributed by atoms with Crippen molar-refractivity contribution in [2.45, 2.75) is 33.1 Å². The molecule has 0 radical (unpaired) electrons. The van der Waals surface area contributed by atoms with Crippen molar-refractivity contribution in [3.05, 3.63) is 0 Å². The van der Waals surface area contributed by atoms with E-state index in [-0.39, 0.29) is 0 Å². The lowest BCUT2D eigenvalue weighted by molar-refractivity contribution is 0.409. The number of nitrogens with zero attached hydrogens (tertiary/aromatic N) is 1. The van der Waals surface area contributed by atoms with Gasteiger partial charge >= 0.3 is 0 Å². The summed E-state index contributed by atoms with van der Waals surface area (Å²) in [5.41, 5.74) is 5.78. The van der Waals surface area contributed by atoms with Crippen LogP contribution in [-0.4, -0.2) is 12.4 Å². The molecule has 0 aromatic carbocycles. The van der Waals surface area contributed by atoms with E-state index in [2.05, 4.69) is 18.8 Å². The van der Waals surface area contributed by atoms with Crippen LogP contribution < -0.4 is 5.73 Å². The monoisotopic (exact) mass is 154 g/mol. The Morgan fingerprint density at radius 1 is 1.55 bits per heavy atom. The van der Waals surface area contributed by atoms with Crippen molar-refractivity contribution in [1.29, 1.82) is 0 Å². The van der Waals surface area contributed by atoms with E-state index in [1.807, 2.05) is 0 Å². The van der Waals surface area contributed by atoms with E-state index >= 15 is 0 Å². The van der Waals surface area contributed by atoms with Crippen LogP contribution in [0.25, 0.3) is 0 Å². The van der Waals surface area contributed by atoms with Crippen LogP contribution in [0.15, 0.2) is 4.99 Å². The lowest BCUT2D eigenvalue weighted by Gasteiger charge is -2.24. The van der Waals surface area contributed by atoms with Gasteiger partial charge in [-0.1, -0.05) is 20.3 Å². The lowest BCUT2D eigenvalue weighted by Crippen LogP contribution is -2.29. The Labute approximate surface area is 68.9 Å². The maximum Gasteiger partial charge on any atom is 0.0968 e. The number of hydrogen-bond donors (Lipinski definition) is 1. The molecule has 2 N–H and O–H groups in total. The third-order valence-electron chi connectivity index (χ3n) is 2.16. The van der Waals surface area contributed by atoms with Gasteiger partial charge < -0.3 is 5.73 Å². The first kappa shape index (κ1) is 8.57. The highest BCUT2D eigenvalue weighted by Crippen LogP contribution is 2.26. The summed E-state index contributed by atoms with van der Waals surface area (Å²) in [4.78, 5) is 4.34. The van der Waals surface area contributed by atoms with Crippen LogP contribution in [-0.2, 0) is 0 Å². The van der Waals surface area contributed by atoms with Gasteiger partial charge in [-0.2, -0.15) is 0 Å². The zero-order chi connectivity index (χ0) is 8.27. The Bertz CT molecular complexity index is 146. The minimum absolute atomic E-state index is 0.619. The molecule has 0 amide bonds. The molecule has 1 aliphatic carbocycles. The fourth-order valence-corrected chi connectivity index (χ4v) is 1.12. The largest absolute Gasteiger partial charge is 0.387 e. The van der Waals surface area contributed by atoms with E-state index in [9.17, 15) is 0 Å². The molecule has 0 spiro atoms. The smallest absolute Gasteiger partial charge is 0.0968 e. The number of amidine groups is 1. The van der Waals surface area contributed by atoms with Crippen molar-refractivity contribution in [3.8, 4) is 0 Å². The number of rotatable bonds is 3. The summed E-state index contributed by atoms with van der Waals surface area (Å²) in [6.45, 7) is 5.22. The van der Waals surface area contributed by atoms with Gasteiger partial charge in [0.05, 0.1) is 5.84 Å². The van der Waals surface area contributed by atoms with Crippen molar-refractivity contribution in [2.24, 2.45) is 22.6 Å². The summed E-state index contributed by atoms with van der Waals surface area (Å²) in [6, 6.07) is 0. The Morgan fingerprint density at radius 2 is 2.18 bits per heavy atom. The topological polar surface area (TPSA) is 38.4 Å². The molecule has 2 heteroatoms. The highest BCUT2D eigenvalue weighted by molar-refractivity contribution is 5.83. The summed E-state index contributed by atoms with van der Waals surface area (Å²) < 4.78 is 0. The molecule has 1 rings (SSSR count). The van der Waals surface area contributed by atoms with E-state index in [0.29, 0.717) is 11.8 Å². The maximum absolute atomic E-state index is 5.78. The number of aliphatic imine (C=N–C) groups is 1. The fraction of sp³-hybridized carbons (Fsp3) is 0.889. The highest BCUT2D eigenvalue weighted by Gasteiger charge is 2.20. The van der Waals surface area contributed by atoms with Gasteiger partial charge in [0.15, 0.2) is 0 Å². The molecule has 0 saturated heterocycles. The molecule has 64 valence electrons. The average Bonchev–Trinajstić information content (AvgIpc) is 1.79. The minimum atomic E-state index is 0.619. The van der Waals surface area contributed by atoms with Crippen molar-refractivity contribution < 1.29 is 0 Å². The fourth-order valence-electron chi connectivity index (χ4n) is 1.12. The molecule has 0 bridgehead atoms. The summed E-state index contributed by atoms with van der Waals surface area (Å²) in [5, 5.41) is 0. The van der Waals surface area contributed by atoms with E-state index < -0.39 is 0 Å². The zero-order valence-corrected chi connectivity index (χ0v) is 7.51. The average molecular weight is 154 g/mol. The first-order chi connectivity index (χ1) is 5.20. The second-order valence-electron chi connectivity index (χ2n) is 3.79. The maximum atomic E-state index is 5.78. The summed E-state index contributed by atoms with van der Waals surface area (Å²) in [5.74, 6) is 2.15. The van der Waals surface area contributed by atoms with Crippen LogP contribution in [0.4, 0.5) is 0 Å². The number of nitrogens with two attached hydrogens (primary N) is 1. The number of hydrogen-bond acceptors (Lipinski definition) is 1. The van der Waals surface area contributed by atoms with Crippen LogP contribution in [0, 0.1) is 11.8 Å². The Kier molecular flexibility index (Phi) is 2.92. The van der Waals surface area contributed by atoms with E-state index in [4.69, 9.17) is 5.73 Å². The second-order valence-corrected chi connectivity index (χ2v) is 3.79. The molecule has 0 aliphatic heterocycles. The van der Waals surface area contributed by atoms with Gasteiger partial charge in [-0.05, 0) is 18.8 Å². The third-order valence-corrected chi connectivity index (χ3v) is 2.16. The predicted molar refractivity (Wildman–Crippen MR) is 48.7 cm³/mol.